The molecule has 4 aromatic rings. The lowest BCUT2D eigenvalue weighted by Crippen LogP contribution is -2.23. The molecule has 1 amide bonds. The first-order valence-electron chi connectivity index (χ1n) is 11.8. The molecule has 0 saturated carbocycles. The van der Waals surface area contributed by atoms with E-state index in [2.05, 4.69) is 5.32 Å². The first-order valence-corrected chi connectivity index (χ1v) is 11.8. The number of hydrogen-bond donors (Lipinski definition) is 1. The lowest BCUT2D eigenvalue weighted by molar-refractivity contribution is 0.0657. The Morgan fingerprint density at radius 3 is 2.44 bits per heavy atom. The molecule has 0 radical (unpaired) electrons. The average molecular weight is 486 g/mol. The van der Waals surface area contributed by atoms with E-state index in [4.69, 9.17) is 19.3 Å². The molecule has 0 unspecified atom stereocenters. The summed E-state index contributed by atoms with van der Waals surface area (Å²) in [5, 5.41) is 7.81. The molecule has 36 heavy (non-hydrogen) atoms. The molecule has 0 spiro atoms. The maximum absolute atomic E-state index is 13.4. The fourth-order valence-electron chi connectivity index (χ4n) is 3.82. The Bertz CT molecular complexity index is 1320. The molecular weight excluding hydrogens is 454 g/mol. The SMILES string of the molecule is COc1ccc(OC)c(-c2nn(-c3ccccc3)cc2C(=O)NCc2cccc(COC(C)C)c2)c1. The van der Waals surface area contributed by atoms with Crippen molar-refractivity contribution in [2.75, 3.05) is 14.2 Å². The fraction of sp³-hybridized carbons (Fsp3) is 0.241. The van der Waals surface area contributed by atoms with Crippen molar-refractivity contribution >= 4 is 5.91 Å². The minimum Gasteiger partial charge on any atom is -0.497 e. The highest BCUT2D eigenvalue weighted by Gasteiger charge is 2.22. The van der Waals surface area contributed by atoms with Crippen LogP contribution in [0, 0.1) is 0 Å². The zero-order valence-electron chi connectivity index (χ0n) is 21.0. The molecule has 3 aromatic carbocycles. The molecule has 1 N–H and O–H groups in total. The van der Waals surface area contributed by atoms with Gasteiger partial charge in [0.1, 0.15) is 17.2 Å². The summed E-state index contributed by atoms with van der Waals surface area (Å²) in [6, 6.07) is 23.1. The minimum atomic E-state index is -0.235. The van der Waals surface area contributed by atoms with Crippen LogP contribution in [0.25, 0.3) is 16.9 Å². The van der Waals surface area contributed by atoms with Gasteiger partial charge in [-0.2, -0.15) is 5.10 Å². The normalized spacial score (nSPS) is 10.9. The van der Waals surface area contributed by atoms with Crippen LogP contribution in [0.5, 0.6) is 11.5 Å². The number of ether oxygens (including phenoxy) is 3. The van der Waals surface area contributed by atoms with Gasteiger partial charge in [0.15, 0.2) is 0 Å². The molecule has 0 atom stereocenters. The van der Waals surface area contributed by atoms with Gasteiger partial charge in [-0.1, -0.05) is 42.5 Å². The summed E-state index contributed by atoms with van der Waals surface area (Å²) >= 11 is 0. The van der Waals surface area contributed by atoms with Crippen molar-refractivity contribution in [3.63, 3.8) is 0 Å². The first kappa shape index (κ1) is 25.0. The molecule has 0 aliphatic heterocycles. The Morgan fingerprint density at radius 2 is 1.72 bits per heavy atom. The van der Waals surface area contributed by atoms with E-state index in [9.17, 15) is 4.79 Å². The third-order valence-electron chi connectivity index (χ3n) is 5.67. The van der Waals surface area contributed by atoms with Crippen LogP contribution in [0.4, 0.5) is 0 Å². The van der Waals surface area contributed by atoms with Gasteiger partial charge in [0.05, 0.1) is 38.2 Å². The van der Waals surface area contributed by atoms with Crippen LogP contribution in [0.15, 0.2) is 79.0 Å². The van der Waals surface area contributed by atoms with E-state index < -0.39 is 0 Å². The zero-order valence-corrected chi connectivity index (χ0v) is 21.0. The van der Waals surface area contributed by atoms with Gasteiger partial charge in [-0.15, -0.1) is 0 Å². The van der Waals surface area contributed by atoms with Gasteiger partial charge in [-0.05, 0) is 55.3 Å². The Balaban J connectivity index is 1.65. The van der Waals surface area contributed by atoms with Crippen LogP contribution in [0.2, 0.25) is 0 Å². The standard InChI is InChI=1S/C29H31N3O4/c1-20(2)36-19-22-10-8-9-21(15-22)17-30-29(33)26-18-32(23-11-6-5-7-12-23)31-28(26)25-16-24(34-3)13-14-27(25)35-4/h5-16,18,20H,17,19H2,1-4H3,(H,30,33). The average Bonchev–Trinajstić information content (AvgIpc) is 3.36. The molecule has 0 aliphatic rings. The third-order valence-corrected chi connectivity index (χ3v) is 5.67. The van der Waals surface area contributed by atoms with E-state index in [1.54, 1.807) is 25.1 Å². The summed E-state index contributed by atoms with van der Waals surface area (Å²) < 4.78 is 18.4. The van der Waals surface area contributed by atoms with Crippen molar-refractivity contribution in [3.8, 4) is 28.4 Å². The van der Waals surface area contributed by atoms with Gasteiger partial charge < -0.3 is 19.5 Å². The van der Waals surface area contributed by atoms with Crippen LogP contribution in [-0.4, -0.2) is 36.0 Å². The van der Waals surface area contributed by atoms with Crippen molar-refractivity contribution in [1.82, 2.24) is 15.1 Å². The van der Waals surface area contributed by atoms with Crippen molar-refractivity contribution in [3.05, 3.63) is 95.7 Å². The number of benzene rings is 3. The number of nitrogens with zero attached hydrogens (tertiary/aromatic N) is 2. The van der Waals surface area contributed by atoms with E-state index in [1.165, 1.54) is 0 Å². The lowest BCUT2D eigenvalue weighted by Gasteiger charge is -2.11. The number of amides is 1. The third kappa shape index (κ3) is 5.93. The van der Waals surface area contributed by atoms with Crippen LogP contribution in [-0.2, 0) is 17.9 Å². The summed E-state index contributed by atoms with van der Waals surface area (Å²) in [7, 11) is 3.19. The second kappa shape index (κ2) is 11.6. The summed E-state index contributed by atoms with van der Waals surface area (Å²) in [6.07, 6.45) is 1.90. The van der Waals surface area contributed by atoms with Crippen molar-refractivity contribution in [2.24, 2.45) is 0 Å². The van der Waals surface area contributed by atoms with Crippen LogP contribution >= 0.6 is 0 Å². The van der Waals surface area contributed by atoms with Crippen LogP contribution in [0.1, 0.15) is 35.3 Å². The first-order chi connectivity index (χ1) is 17.5. The molecule has 0 aliphatic carbocycles. The molecule has 1 aromatic heterocycles. The molecular formula is C29H31N3O4. The van der Waals surface area contributed by atoms with Gasteiger partial charge in [0, 0.05) is 18.3 Å². The highest BCUT2D eigenvalue weighted by Crippen LogP contribution is 2.35. The molecule has 1 heterocycles. The maximum atomic E-state index is 13.4. The topological polar surface area (TPSA) is 74.6 Å². The van der Waals surface area contributed by atoms with Crippen molar-refractivity contribution in [1.29, 1.82) is 0 Å². The number of carbonyl (C=O) groups is 1. The largest absolute Gasteiger partial charge is 0.497 e. The molecule has 0 saturated heterocycles. The molecule has 4 rings (SSSR count). The minimum absolute atomic E-state index is 0.154. The number of para-hydroxylation sites is 1. The van der Waals surface area contributed by atoms with E-state index in [0.717, 1.165) is 16.8 Å². The second-order valence-electron chi connectivity index (χ2n) is 8.60. The lowest BCUT2D eigenvalue weighted by atomic mass is 10.1. The number of aromatic nitrogens is 2. The summed E-state index contributed by atoms with van der Waals surface area (Å²) in [5.74, 6) is 1.01. The Kier molecular flexibility index (Phi) is 8.02. The number of rotatable bonds is 10. The molecule has 0 bridgehead atoms. The second-order valence-corrected chi connectivity index (χ2v) is 8.60. The van der Waals surface area contributed by atoms with E-state index in [1.807, 2.05) is 86.6 Å². The quantitative estimate of drug-likeness (QED) is 0.325. The number of hydrogen-bond acceptors (Lipinski definition) is 5. The Labute approximate surface area is 211 Å². The predicted octanol–water partition coefficient (Wildman–Crippen LogP) is 5.41. The number of carbonyl (C=O) groups excluding carboxylic acids is 1. The summed E-state index contributed by atoms with van der Waals surface area (Å²) in [5.41, 5.74) is 4.51. The number of methoxy groups -OCH3 is 2. The van der Waals surface area contributed by atoms with Gasteiger partial charge in [-0.3, -0.25) is 4.79 Å². The van der Waals surface area contributed by atoms with Crippen LogP contribution in [0.3, 0.4) is 0 Å². The van der Waals surface area contributed by atoms with Gasteiger partial charge in [-0.25, -0.2) is 4.68 Å². The Hall–Kier alpha value is -4.10. The molecule has 7 nitrogen and oxygen atoms in total. The van der Waals surface area contributed by atoms with Gasteiger partial charge in [0.2, 0.25) is 0 Å². The summed E-state index contributed by atoms with van der Waals surface area (Å²) in [4.78, 5) is 13.4. The molecule has 186 valence electrons. The van der Waals surface area contributed by atoms with Crippen molar-refractivity contribution in [2.45, 2.75) is 33.1 Å². The van der Waals surface area contributed by atoms with Gasteiger partial charge in [0.25, 0.3) is 5.91 Å². The zero-order chi connectivity index (χ0) is 25.5. The molecule has 7 heteroatoms. The maximum Gasteiger partial charge on any atom is 0.255 e. The smallest absolute Gasteiger partial charge is 0.255 e. The van der Waals surface area contributed by atoms with Crippen LogP contribution < -0.4 is 14.8 Å². The number of nitrogens with one attached hydrogen (secondary N) is 1. The Morgan fingerprint density at radius 1 is 0.944 bits per heavy atom. The fourth-order valence-corrected chi connectivity index (χ4v) is 3.82. The monoisotopic (exact) mass is 485 g/mol. The van der Waals surface area contributed by atoms with E-state index in [-0.39, 0.29) is 12.0 Å². The van der Waals surface area contributed by atoms with Gasteiger partial charge >= 0.3 is 0 Å². The van der Waals surface area contributed by atoms with E-state index in [0.29, 0.717) is 41.5 Å². The summed E-state index contributed by atoms with van der Waals surface area (Å²) in [6.45, 7) is 4.92. The van der Waals surface area contributed by atoms with E-state index >= 15 is 0 Å². The van der Waals surface area contributed by atoms with Crippen molar-refractivity contribution < 1.29 is 19.0 Å². The highest BCUT2D eigenvalue weighted by molar-refractivity contribution is 6.00. The molecule has 0 fully saturated rings. The predicted molar refractivity (Wildman–Crippen MR) is 140 cm³/mol. The highest BCUT2D eigenvalue weighted by atomic mass is 16.5.